The summed E-state index contributed by atoms with van der Waals surface area (Å²) in [4.78, 5) is 4.11. The number of ether oxygens (including phenoxy) is 1. The number of rotatable bonds is 6. The normalized spacial score (nSPS) is 12.4. The quantitative estimate of drug-likeness (QED) is 0.860. The molecule has 0 aliphatic heterocycles. The minimum Gasteiger partial charge on any atom is -0.480 e. The zero-order valence-electron chi connectivity index (χ0n) is 11.4. The molecule has 2 aromatic rings. The Morgan fingerprint density at radius 3 is 3.00 bits per heavy atom. The van der Waals surface area contributed by atoms with Crippen LogP contribution in [0.15, 0.2) is 22.7 Å². The number of pyridine rings is 1. The van der Waals surface area contributed by atoms with Crippen LogP contribution in [0.25, 0.3) is 11.5 Å². The third kappa shape index (κ3) is 3.08. The summed E-state index contributed by atoms with van der Waals surface area (Å²) < 4.78 is 10.8. The van der Waals surface area contributed by atoms with Gasteiger partial charge in [-0.25, -0.2) is 4.98 Å². The van der Waals surface area contributed by atoms with E-state index in [1.165, 1.54) is 0 Å². The van der Waals surface area contributed by atoms with Gasteiger partial charge in [-0.15, -0.1) is 10.2 Å². The number of hydrogen-bond donors (Lipinski definition) is 1. The maximum atomic E-state index is 5.67. The molecule has 0 aliphatic rings. The van der Waals surface area contributed by atoms with Crippen LogP contribution in [-0.2, 0) is 0 Å². The Morgan fingerprint density at radius 1 is 1.42 bits per heavy atom. The average Bonchev–Trinajstić information content (AvgIpc) is 2.94. The van der Waals surface area contributed by atoms with Crippen LogP contribution in [0.3, 0.4) is 0 Å². The fraction of sp³-hybridized carbons (Fsp3) is 0.462. The van der Waals surface area contributed by atoms with Crippen molar-refractivity contribution in [3.8, 4) is 17.3 Å². The van der Waals surface area contributed by atoms with Crippen molar-refractivity contribution in [2.45, 2.75) is 26.3 Å². The molecule has 0 fully saturated rings. The van der Waals surface area contributed by atoms with Crippen LogP contribution in [0.4, 0.5) is 0 Å². The van der Waals surface area contributed by atoms with E-state index in [0.29, 0.717) is 23.2 Å². The minimum atomic E-state index is 0.0314. The Bertz CT molecular complexity index is 527. The lowest BCUT2D eigenvalue weighted by Crippen LogP contribution is -2.19. The summed E-state index contributed by atoms with van der Waals surface area (Å²) in [5, 5.41) is 11.4. The van der Waals surface area contributed by atoms with Crippen LogP contribution >= 0.6 is 0 Å². The van der Waals surface area contributed by atoms with Gasteiger partial charge in [-0.05, 0) is 32.0 Å². The van der Waals surface area contributed by atoms with E-state index < -0.39 is 0 Å². The molecular formula is C13H18N4O2. The fourth-order valence-electron chi connectivity index (χ4n) is 1.68. The molecular weight excluding hydrogens is 244 g/mol. The van der Waals surface area contributed by atoms with Gasteiger partial charge in [0.1, 0.15) is 5.56 Å². The summed E-state index contributed by atoms with van der Waals surface area (Å²) in [6.45, 7) is 5.02. The van der Waals surface area contributed by atoms with Crippen molar-refractivity contribution in [2.24, 2.45) is 0 Å². The van der Waals surface area contributed by atoms with E-state index in [1.807, 2.05) is 13.0 Å². The van der Waals surface area contributed by atoms with E-state index in [-0.39, 0.29) is 6.04 Å². The fourth-order valence-corrected chi connectivity index (χ4v) is 1.68. The van der Waals surface area contributed by atoms with Crippen LogP contribution in [0.5, 0.6) is 5.88 Å². The molecule has 0 amide bonds. The van der Waals surface area contributed by atoms with Crippen molar-refractivity contribution in [1.82, 2.24) is 20.5 Å². The summed E-state index contributed by atoms with van der Waals surface area (Å²) in [5.74, 6) is 1.46. The third-order valence-corrected chi connectivity index (χ3v) is 2.71. The lowest BCUT2D eigenvalue weighted by Gasteiger charge is -2.07. The van der Waals surface area contributed by atoms with Gasteiger partial charge in [0, 0.05) is 6.20 Å². The van der Waals surface area contributed by atoms with Gasteiger partial charge in [0.25, 0.3) is 5.89 Å². The largest absolute Gasteiger partial charge is 0.480 e. The van der Waals surface area contributed by atoms with Gasteiger partial charge in [0.15, 0.2) is 0 Å². The lowest BCUT2D eigenvalue weighted by molar-refractivity contribution is 0.394. The molecule has 2 rings (SSSR count). The van der Waals surface area contributed by atoms with Crippen molar-refractivity contribution in [2.75, 3.05) is 13.7 Å². The SMILES string of the molecule is CCCNC(C)c1nnc(-c2cccnc2OC)o1. The van der Waals surface area contributed by atoms with Crippen LogP contribution in [-0.4, -0.2) is 28.8 Å². The first kappa shape index (κ1) is 13.5. The molecule has 0 saturated heterocycles. The highest BCUT2D eigenvalue weighted by molar-refractivity contribution is 5.59. The molecule has 1 N–H and O–H groups in total. The number of methoxy groups -OCH3 is 1. The molecule has 2 heterocycles. The van der Waals surface area contributed by atoms with Crippen molar-refractivity contribution in [1.29, 1.82) is 0 Å². The van der Waals surface area contributed by atoms with E-state index in [2.05, 4.69) is 27.4 Å². The zero-order valence-corrected chi connectivity index (χ0v) is 11.4. The molecule has 2 aromatic heterocycles. The van der Waals surface area contributed by atoms with E-state index in [1.54, 1.807) is 19.4 Å². The second-order valence-electron chi connectivity index (χ2n) is 4.18. The Balaban J connectivity index is 2.20. The second-order valence-corrected chi connectivity index (χ2v) is 4.18. The predicted molar refractivity (Wildman–Crippen MR) is 70.8 cm³/mol. The number of hydrogen-bond acceptors (Lipinski definition) is 6. The monoisotopic (exact) mass is 262 g/mol. The van der Waals surface area contributed by atoms with Crippen molar-refractivity contribution >= 4 is 0 Å². The topological polar surface area (TPSA) is 73.1 Å². The summed E-state index contributed by atoms with van der Waals surface area (Å²) in [7, 11) is 1.56. The maximum Gasteiger partial charge on any atom is 0.253 e. The van der Waals surface area contributed by atoms with E-state index in [9.17, 15) is 0 Å². The Kier molecular flexibility index (Phi) is 4.46. The van der Waals surface area contributed by atoms with Gasteiger partial charge < -0.3 is 14.5 Å². The Labute approximate surface area is 112 Å². The van der Waals surface area contributed by atoms with Crippen LogP contribution in [0.2, 0.25) is 0 Å². The van der Waals surface area contributed by atoms with Gasteiger partial charge in [0.05, 0.1) is 13.2 Å². The minimum absolute atomic E-state index is 0.0314. The number of nitrogens with zero attached hydrogens (tertiary/aromatic N) is 3. The first-order chi connectivity index (χ1) is 9.26. The zero-order chi connectivity index (χ0) is 13.7. The average molecular weight is 262 g/mol. The number of aromatic nitrogens is 3. The number of nitrogens with one attached hydrogen (secondary N) is 1. The van der Waals surface area contributed by atoms with E-state index in [4.69, 9.17) is 9.15 Å². The molecule has 102 valence electrons. The Morgan fingerprint density at radius 2 is 2.26 bits per heavy atom. The van der Waals surface area contributed by atoms with Crippen LogP contribution in [0, 0.1) is 0 Å². The van der Waals surface area contributed by atoms with Gasteiger partial charge >= 0.3 is 0 Å². The summed E-state index contributed by atoms with van der Waals surface area (Å²) in [6.07, 6.45) is 2.72. The molecule has 6 nitrogen and oxygen atoms in total. The Hall–Kier alpha value is -1.95. The molecule has 0 spiro atoms. The highest BCUT2D eigenvalue weighted by Crippen LogP contribution is 2.27. The summed E-state index contributed by atoms with van der Waals surface area (Å²) in [6, 6.07) is 3.68. The third-order valence-electron chi connectivity index (χ3n) is 2.71. The molecule has 0 bridgehead atoms. The molecule has 1 unspecified atom stereocenters. The van der Waals surface area contributed by atoms with Gasteiger partial charge in [-0.1, -0.05) is 6.92 Å². The smallest absolute Gasteiger partial charge is 0.253 e. The van der Waals surface area contributed by atoms with E-state index in [0.717, 1.165) is 13.0 Å². The van der Waals surface area contributed by atoms with Crippen molar-refractivity contribution < 1.29 is 9.15 Å². The standard InChI is InChI=1S/C13H18N4O2/c1-4-7-14-9(2)11-16-17-13(19-11)10-6-5-8-15-12(10)18-3/h5-6,8-9,14H,4,7H2,1-3H3. The molecule has 0 aromatic carbocycles. The predicted octanol–water partition coefficient (Wildman–Crippen LogP) is 2.20. The first-order valence-electron chi connectivity index (χ1n) is 6.32. The van der Waals surface area contributed by atoms with Gasteiger partial charge in [0.2, 0.25) is 11.8 Å². The lowest BCUT2D eigenvalue weighted by atomic mass is 10.3. The van der Waals surface area contributed by atoms with E-state index >= 15 is 0 Å². The summed E-state index contributed by atoms with van der Waals surface area (Å²) in [5.41, 5.74) is 0.700. The van der Waals surface area contributed by atoms with Crippen molar-refractivity contribution in [3.05, 3.63) is 24.2 Å². The summed E-state index contributed by atoms with van der Waals surface area (Å²) >= 11 is 0. The molecule has 0 saturated carbocycles. The highest BCUT2D eigenvalue weighted by Gasteiger charge is 2.17. The maximum absolute atomic E-state index is 5.67. The van der Waals surface area contributed by atoms with Crippen LogP contribution < -0.4 is 10.1 Å². The molecule has 19 heavy (non-hydrogen) atoms. The van der Waals surface area contributed by atoms with Gasteiger partial charge in [-0.3, -0.25) is 0 Å². The highest BCUT2D eigenvalue weighted by atomic mass is 16.5. The molecule has 1 atom stereocenters. The molecule has 0 aliphatic carbocycles. The van der Waals surface area contributed by atoms with Crippen molar-refractivity contribution in [3.63, 3.8) is 0 Å². The van der Waals surface area contributed by atoms with Crippen LogP contribution in [0.1, 0.15) is 32.2 Å². The first-order valence-corrected chi connectivity index (χ1v) is 6.32. The molecule has 6 heteroatoms. The molecule has 0 radical (unpaired) electrons. The second kappa shape index (κ2) is 6.29. The van der Waals surface area contributed by atoms with Gasteiger partial charge in [-0.2, -0.15) is 0 Å².